The molecule has 35 heavy (non-hydrogen) atoms. The number of rotatable bonds is 15. The van der Waals surface area contributed by atoms with Crippen LogP contribution in [0.15, 0.2) is 17.8 Å². The smallest absolute Gasteiger partial charge is 0.227 e. The molecule has 0 saturated carbocycles. The summed E-state index contributed by atoms with van der Waals surface area (Å²) in [5, 5.41) is 5.33. The van der Waals surface area contributed by atoms with E-state index in [2.05, 4.69) is 16.9 Å². The molecule has 0 aromatic carbocycles. The van der Waals surface area contributed by atoms with Gasteiger partial charge in [0.2, 0.25) is 5.91 Å². The normalized spacial score (nSPS) is 17.3. The van der Waals surface area contributed by atoms with E-state index in [4.69, 9.17) is 5.73 Å². The van der Waals surface area contributed by atoms with E-state index in [1.165, 1.54) is 11.3 Å². The topological polar surface area (TPSA) is 122 Å². The van der Waals surface area contributed by atoms with Crippen molar-refractivity contribution in [2.75, 3.05) is 19.8 Å². The fourth-order valence-electron chi connectivity index (χ4n) is 4.44. The van der Waals surface area contributed by atoms with Crippen LogP contribution in [0.3, 0.4) is 0 Å². The van der Waals surface area contributed by atoms with Crippen LogP contribution >= 0.6 is 11.3 Å². The van der Waals surface area contributed by atoms with Gasteiger partial charge in [-0.3, -0.25) is 19.2 Å². The third kappa shape index (κ3) is 8.23. The van der Waals surface area contributed by atoms with Crippen molar-refractivity contribution in [3.8, 4) is 0 Å². The molecule has 0 aliphatic carbocycles. The molecule has 2 rings (SSSR count). The van der Waals surface area contributed by atoms with Gasteiger partial charge < -0.3 is 16.0 Å². The number of nitrogens with one attached hydrogen (secondary N) is 1. The maximum Gasteiger partial charge on any atom is 0.227 e. The van der Waals surface area contributed by atoms with E-state index in [-0.39, 0.29) is 36.2 Å². The number of hydrogen-bond donors (Lipinski definition) is 2. The van der Waals surface area contributed by atoms with E-state index in [0.717, 1.165) is 5.01 Å². The summed E-state index contributed by atoms with van der Waals surface area (Å²) in [6.07, 6.45) is 1.95. The van der Waals surface area contributed by atoms with Gasteiger partial charge in [0.1, 0.15) is 12.4 Å². The van der Waals surface area contributed by atoms with Crippen LogP contribution < -0.4 is 11.1 Å². The summed E-state index contributed by atoms with van der Waals surface area (Å²) >= 11 is 1.38. The summed E-state index contributed by atoms with van der Waals surface area (Å²) in [7, 11) is 0. The minimum Gasteiger partial charge on any atom is -0.386 e. The molecule has 1 aliphatic rings. The summed E-state index contributed by atoms with van der Waals surface area (Å²) < 4.78 is 13.2. The molecule has 0 unspecified atom stereocenters. The van der Waals surface area contributed by atoms with Crippen molar-refractivity contribution in [3.63, 3.8) is 0 Å². The maximum atomic E-state index is 13.5. The molecule has 3 N–H and O–H groups in total. The van der Waals surface area contributed by atoms with E-state index in [9.17, 15) is 23.6 Å². The first-order valence-corrected chi connectivity index (χ1v) is 13.0. The highest BCUT2D eigenvalue weighted by Gasteiger charge is 2.39. The van der Waals surface area contributed by atoms with Crippen molar-refractivity contribution in [3.05, 3.63) is 28.5 Å². The largest absolute Gasteiger partial charge is 0.386 e. The average molecular weight is 509 g/mol. The maximum absolute atomic E-state index is 13.5. The van der Waals surface area contributed by atoms with Crippen molar-refractivity contribution in [1.29, 1.82) is 0 Å². The first-order chi connectivity index (χ1) is 16.5. The van der Waals surface area contributed by atoms with Crippen LogP contribution in [0.25, 0.3) is 0 Å². The van der Waals surface area contributed by atoms with Crippen molar-refractivity contribution in [1.82, 2.24) is 15.2 Å². The molecule has 1 aromatic rings. The molecule has 1 fully saturated rings. The Hall–Kier alpha value is -2.62. The van der Waals surface area contributed by atoms with Gasteiger partial charge >= 0.3 is 0 Å². The Balaban J connectivity index is 2.07. The van der Waals surface area contributed by atoms with Crippen LogP contribution in [0.2, 0.25) is 0 Å². The van der Waals surface area contributed by atoms with Gasteiger partial charge in [-0.2, -0.15) is 0 Å². The predicted molar refractivity (Wildman–Crippen MR) is 134 cm³/mol. The molecule has 10 heteroatoms. The molecule has 194 valence electrons. The Morgan fingerprint density at radius 1 is 1.31 bits per heavy atom. The first kappa shape index (κ1) is 28.6. The minimum atomic E-state index is -1.13. The summed E-state index contributed by atoms with van der Waals surface area (Å²) in [5.41, 5.74) is 5.83. The molecule has 1 amide bonds. The van der Waals surface area contributed by atoms with Crippen molar-refractivity contribution >= 4 is 34.6 Å². The number of carbonyl (C=O) groups is 4. The van der Waals surface area contributed by atoms with E-state index >= 15 is 0 Å². The molecule has 2 heterocycles. The molecule has 1 aliphatic heterocycles. The lowest BCUT2D eigenvalue weighted by Gasteiger charge is -2.30. The standard InChI is InChI=1S/C25H37FN4O4S/c1-15(2)19(12-22(31)20-14-35-17(4)29-20)25(34)30-10-6-8-21(30)23(32)11-18(24(33)13-26)7-5-9-28-16(3)27/h14-15,18-19,21,28H,3,5-13,27H2,1-2,4H3/t18-,19+,21+/m1/s1. The van der Waals surface area contributed by atoms with Gasteiger partial charge in [0, 0.05) is 43.1 Å². The van der Waals surface area contributed by atoms with E-state index < -0.39 is 30.3 Å². The highest BCUT2D eigenvalue weighted by atomic mass is 32.1. The zero-order valence-electron chi connectivity index (χ0n) is 20.8. The summed E-state index contributed by atoms with van der Waals surface area (Å²) in [5.74, 6) is -2.37. The zero-order valence-corrected chi connectivity index (χ0v) is 21.7. The van der Waals surface area contributed by atoms with Crippen LogP contribution in [0.1, 0.15) is 67.9 Å². The Labute approximate surface area is 210 Å². The van der Waals surface area contributed by atoms with E-state index in [1.807, 2.05) is 20.8 Å². The van der Waals surface area contributed by atoms with Gasteiger partial charge in [-0.1, -0.05) is 20.4 Å². The lowest BCUT2D eigenvalue weighted by atomic mass is 9.87. The van der Waals surface area contributed by atoms with Gasteiger partial charge in [-0.05, 0) is 38.5 Å². The second-order valence-corrected chi connectivity index (χ2v) is 10.5. The lowest BCUT2D eigenvalue weighted by Crippen LogP contribution is -2.45. The number of aromatic nitrogens is 1. The van der Waals surface area contributed by atoms with Crippen molar-refractivity contribution in [2.45, 2.75) is 65.3 Å². The molecule has 8 nitrogen and oxygen atoms in total. The second kappa shape index (κ2) is 13.5. The highest BCUT2D eigenvalue weighted by molar-refractivity contribution is 7.09. The second-order valence-electron chi connectivity index (χ2n) is 9.48. The van der Waals surface area contributed by atoms with Crippen LogP contribution in [-0.4, -0.2) is 58.9 Å². The Morgan fingerprint density at radius 2 is 2.03 bits per heavy atom. The average Bonchev–Trinajstić information content (AvgIpc) is 3.47. The number of likely N-dealkylation sites (tertiary alicyclic amines) is 1. The molecule has 0 bridgehead atoms. The first-order valence-electron chi connectivity index (χ1n) is 12.1. The summed E-state index contributed by atoms with van der Waals surface area (Å²) in [4.78, 5) is 57.3. The monoisotopic (exact) mass is 508 g/mol. The number of Topliss-reactive ketones (excluding diaryl/α,β-unsaturated/α-hetero) is 3. The van der Waals surface area contributed by atoms with Crippen LogP contribution in [-0.2, 0) is 14.4 Å². The minimum absolute atomic E-state index is 0.0273. The number of carbonyl (C=O) groups excluding carboxylic acids is 4. The van der Waals surface area contributed by atoms with Crippen LogP contribution in [0.4, 0.5) is 4.39 Å². The number of thiazole rings is 1. The van der Waals surface area contributed by atoms with E-state index in [0.29, 0.717) is 50.3 Å². The number of aryl methyl sites for hydroxylation is 1. The lowest BCUT2D eigenvalue weighted by molar-refractivity contribution is -0.142. The Bertz CT molecular complexity index is 932. The number of halogens is 1. The SMILES string of the molecule is C=C(N)NCCC[C@H](CC(=O)[C@@H]1CCCN1C(=O)[C@@H](CC(=O)c1csc(C)n1)C(C)C)C(=O)CF. The van der Waals surface area contributed by atoms with Crippen LogP contribution in [0, 0.1) is 24.7 Å². The molecule has 1 saturated heterocycles. The van der Waals surface area contributed by atoms with Gasteiger partial charge in [-0.25, -0.2) is 9.37 Å². The Kier molecular flexibility index (Phi) is 11.0. The van der Waals surface area contributed by atoms with Crippen LogP contribution in [0.5, 0.6) is 0 Å². The fourth-order valence-corrected chi connectivity index (χ4v) is 5.06. The molecular weight excluding hydrogens is 471 g/mol. The molecule has 3 atom stereocenters. The quantitative estimate of drug-likeness (QED) is 0.275. The van der Waals surface area contributed by atoms with Gasteiger partial charge in [0.05, 0.1) is 16.9 Å². The Morgan fingerprint density at radius 3 is 2.60 bits per heavy atom. The molecule has 1 aromatic heterocycles. The number of nitrogens with two attached hydrogens (primary N) is 1. The van der Waals surface area contributed by atoms with Gasteiger partial charge in [0.25, 0.3) is 0 Å². The van der Waals surface area contributed by atoms with Gasteiger partial charge in [0.15, 0.2) is 17.3 Å². The summed E-state index contributed by atoms with van der Waals surface area (Å²) in [6, 6.07) is -0.655. The zero-order chi connectivity index (χ0) is 26.1. The number of alkyl halides is 1. The highest BCUT2D eigenvalue weighted by Crippen LogP contribution is 2.28. The van der Waals surface area contributed by atoms with E-state index in [1.54, 1.807) is 10.3 Å². The predicted octanol–water partition coefficient (Wildman–Crippen LogP) is 3.20. The molecular formula is C25H37FN4O4S. The number of amides is 1. The van der Waals surface area contributed by atoms with Crippen molar-refractivity contribution in [2.24, 2.45) is 23.5 Å². The fraction of sp³-hybridized carbons (Fsp3) is 0.640. The number of nitrogens with zero attached hydrogens (tertiary/aromatic N) is 2. The van der Waals surface area contributed by atoms with Crippen molar-refractivity contribution < 1.29 is 23.6 Å². The number of hydrogen-bond acceptors (Lipinski definition) is 8. The summed E-state index contributed by atoms with van der Waals surface area (Å²) in [6.45, 7) is 8.88. The van der Waals surface area contributed by atoms with Gasteiger partial charge in [-0.15, -0.1) is 11.3 Å². The molecule has 0 spiro atoms. The molecule has 0 radical (unpaired) electrons. The number of ketones is 3. The third-order valence-corrected chi connectivity index (χ3v) is 7.23. The third-order valence-electron chi connectivity index (χ3n) is 6.46.